The third-order valence-electron chi connectivity index (χ3n) is 2.05. The molecule has 0 atom stereocenters. The maximum absolute atomic E-state index is 5.28. The van der Waals surface area contributed by atoms with E-state index in [0.29, 0.717) is 0 Å². The van der Waals surface area contributed by atoms with Gasteiger partial charge in [-0.3, -0.25) is 0 Å². The van der Waals surface area contributed by atoms with Crippen LogP contribution in [0.3, 0.4) is 0 Å². The molecule has 13 heavy (non-hydrogen) atoms. The lowest BCUT2D eigenvalue weighted by Gasteiger charge is -2.11. The van der Waals surface area contributed by atoms with Crippen LogP contribution in [-0.4, -0.2) is 13.7 Å². The summed E-state index contributed by atoms with van der Waals surface area (Å²) in [6.45, 7) is 7.17. The molecule has 0 radical (unpaired) electrons. The van der Waals surface area contributed by atoms with Crippen LogP contribution in [0.1, 0.15) is 18.1 Å². The minimum atomic E-state index is 0.950. The van der Waals surface area contributed by atoms with Crippen molar-refractivity contribution in [3.05, 3.63) is 23.3 Å². The Morgan fingerprint density at radius 1 is 1.23 bits per heavy atom. The number of nitrogens with one attached hydrogen (secondary N) is 1. The van der Waals surface area contributed by atoms with Gasteiger partial charge in [-0.25, -0.2) is 0 Å². The first-order valence-corrected chi connectivity index (χ1v) is 4.58. The maximum Gasteiger partial charge on any atom is 0.124 e. The number of benzene rings is 1. The lowest BCUT2D eigenvalue weighted by atomic mass is 10.1. The molecule has 0 aromatic heterocycles. The van der Waals surface area contributed by atoms with E-state index in [1.54, 1.807) is 7.11 Å². The first-order chi connectivity index (χ1) is 6.19. The predicted octanol–water partition coefficient (Wildman–Crippen LogP) is 2.74. The minimum Gasteiger partial charge on any atom is -0.496 e. The molecule has 1 rings (SSSR count). The van der Waals surface area contributed by atoms with Gasteiger partial charge in [0.2, 0.25) is 0 Å². The van der Waals surface area contributed by atoms with Gasteiger partial charge in [0.1, 0.15) is 5.75 Å². The van der Waals surface area contributed by atoms with E-state index in [9.17, 15) is 0 Å². The fraction of sp³-hybridized carbons (Fsp3) is 0.455. The Hall–Kier alpha value is -1.18. The zero-order valence-electron chi connectivity index (χ0n) is 8.77. The molecule has 0 unspecified atom stereocenters. The Morgan fingerprint density at radius 2 is 1.77 bits per heavy atom. The van der Waals surface area contributed by atoms with Crippen molar-refractivity contribution in [1.82, 2.24) is 0 Å². The van der Waals surface area contributed by atoms with Gasteiger partial charge in [0.15, 0.2) is 0 Å². The van der Waals surface area contributed by atoms with Crippen LogP contribution in [-0.2, 0) is 0 Å². The number of hydrogen-bond acceptors (Lipinski definition) is 2. The van der Waals surface area contributed by atoms with Crippen LogP contribution >= 0.6 is 0 Å². The number of anilines is 1. The molecule has 0 aliphatic rings. The molecule has 2 heteroatoms. The topological polar surface area (TPSA) is 21.3 Å². The van der Waals surface area contributed by atoms with Crippen molar-refractivity contribution in [1.29, 1.82) is 0 Å². The molecule has 0 heterocycles. The molecule has 0 bridgehead atoms. The van der Waals surface area contributed by atoms with E-state index in [1.807, 2.05) is 0 Å². The number of hydrogen-bond donors (Lipinski definition) is 1. The second-order valence-corrected chi connectivity index (χ2v) is 3.17. The summed E-state index contributed by atoms with van der Waals surface area (Å²) in [5.41, 5.74) is 3.52. The van der Waals surface area contributed by atoms with Gasteiger partial charge < -0.3 is 10.1 Å². The van der Waals surface area contributed by atoms with Crippen molar-refractivity contribution >= 4 is 5.69 Å². The Bertz CT molecular complexity index is 271. The molecule has 1 N–H and O–H groups in total. The largest absolute Gasteiger partial charge is 0.496 e. The number of ether oxygens (including phenoxy) is 1. The molecule has 72 valence electrons. The minimum absolute atomic E-state index is 0.950. The van der Waals surface area contributed by atoms with Gasteiger partial charge in [-0.2, -0.15) is 0 Å². The fourth-order valence-corrected chi connectivity index (χ4v) is 1.58. The van der Waals surface area contributed by atoms with Crippen LogP contribution < -0.4 is 10.1 Å². The Balaban J connectivity index is 3.05. The molecule has 0 spiro atoms. The zero-order valence-corrected chi connectivity index (χ0v) is 8.77. The highest BCUT2D eigenvalue weighted by atomic mass is 16.5. The normalized spacial score (nSPS) is 9.85. The molecule has 0 saturated carbocycles. The van der Waals surface area contributed by atoms with E-state index < -0.39 is 0 Å². The maximum atomic E-state index is 5.28. The summed E-state index contributed by atoms with van der Waals surface area (Å²) in [5, 5.41) is 3.28. The smallest absolute Gasteiger partial charge is 0.124 e. The standard InChI is InChI=1S/C11H17NO/c1-5-12-10-6-8(2)11(13-4)9(3)7-10/h6-7,12H,5H2,1-4H3. The van der Waals surface area contributed by atoms with Crippen molar-refractivity contribution in [3.8, 4) is 5.75 Å². The van der Waals surface area contributed by atoms with Gasteiger partial charge in [-0.15, -0.1) is 0 Å². The molecule has 0 saturated heterocycles. The van der Waals surface area contributed by atoms with Crippen LogP contribution in [0.15, 0.2) is 12.1 Å². The molecular weight excluding hydrogens is 162 g/mol. The van der Waals surface area contributed by atoms with Crippen LogP contribution in [0.5, 0.6) is 5.75 Å². The van der Waals surface area contributed by atoms with E-state index in [4.69, 9.17) is 4.74 Å². The van der Waals surface area contributed by atoms with Crippen molar-refractivity contribution in [3.63, 3.8) is 0 Å². The van der Waals surface area contributed by atoms with Gasteiger partial charge in [-0.05, 0) is 44.0 Å². The van der Waals surface area contributed by atoms with Crippen LogP contribution in [0, 0.1) is 13.8 Å². The third kappa shape index (κ3) is 2.14. The lowest BCUT2D eigenvalue weighted by molar-refractivity contribution is 0.408. The van der Waals surface area contributed by atoms with Crippen LogP contribution in [0.4, 0.5) is 5.69 Å². The third-order valence-corrected chi connectivity index (χ3v) is 2.05. The molecular formula is C11H17NO. The second kappa shape index (κ2) is 4.17. The van der Waals surface area contributed by atoms with Gasteiger partial charge >= 0.3 is 0 Å². The van der Waals surface area contributed by atoms with E-state index in [2.05, 4.69) is 38.2 Å². The highest BCUT2D eigenvalue weighted by molar-refractivity contribution is 5.54. The van der Waals surface area contributed by atoms with E-state index in [0.717, 1.165) is 12.3 Å². The fourth-order valence-electron chi connectivity index (χ4n) is 1.58. The second-order valence-electron chi connectivity index (χ2n) is 3.17. The predicted molar refractivity (Wildman–Crippen MR) is 56.6 cm³/mol. The van der Waals surface area contributed by atoms with E-state index in [-0.39, 0.29) is 0 Å². The number of methoxy groups -OCH3 is 1. The van der Waals surface area contributed by atoms with E-state index in [1.165, 1.54) is 16.8 Å². The van der Waals surface area contributed by atoms with Gasteiger partial charge in [0.25, 0.3) is 0 Å². The SMILES string of the molecule is CCNc1cc(C)c(OC)c(C)c1. The summed E-state index contributed by atoms with van der Waals surface area (Å²) < 4.78 is 5.28. The van der Waals surface area contributed by atoms with E-state index >= 15 is 0 Å². The highest BCUT2D eigenvalue weighted by Gasteiger charge is 2.03. The Kier molecular flexibility index (Phi) is 3.18. The van der Waals surface area contributed by atoms with Gasteiger partial charge in [-0.1, -0.05) is 0 Å². The van der Waals surface area contributed by atoms with Gasteiger partial charge in [0.05, 0.1) is 7.11 Å². The van der Waals surface area contributed by atoms with Crippen molar-refractivity contribution in [2.24, 2.45) is 0 Å². The quantitative estimate of drug-likeness (QED) is 0.770. The summed E-state index contributed by atoms with van der Waals surface area (Å²) in [5.74, 6) is 0.988. The first kappa shape index (κ1) is 9.90. The monoisotopic (exact) mass is 179 g/mol. The summed E-state index contributed by atoms with van der Waals surface area (Å²) in [6, 6.07) is 4.21. The Labute approximate surface area is 79.9 Å². The molecule has 0 aliphatic heterocycles. The molecule has 0 fully saturated rings. The van der Waals surface area contributed by atoms with Crippen LogP contribution in [0.25, 0.3) is 0 Å². The van der Waals surface area contributed by atoms with Gasteiger partial charge in [0, 0.05) is 12.2 Å². The van der Waals surface area contributed by atoms with Crippen molar-refractivity contribution in [2.45, 2.75) is 20.8 Å². The first-order valence-electron chi connectivity index (χ1n) is 4.58. The Morgan fingerprint density at radius 3 is 2.15 bits per heavy atom. The summed E-state index contributed by atoms with van der Waals surface area (Å²) in [4.78, 5) is 0. The summed E-state index contributed by atoms with van der Waals surface area (Å²) in [6.07, 6.45) is 0. The number of rotatable bonds is 3. The van der Waals surface area contributed by atoms with Crippen molar-refractivity contribution < 1.29 is 4.74 Å². The van der Waals surface area contributed by atoms with Crippen LogP contribution in [0.2, 0.25) is 0 Å². The zero-order chi connectivity index (χ0) is 9.84. The highest BCUT2D eigenvalue weighted by Crippen LogP contribution is 2.26. The lowest BCUT2D eigenvalue weighted by Crippen LogP contribution is -1.99. The average molecular weight is 179 g/mol. The van der Waals surface area contributed by atoms with Crippen molar-refractivity contribution in [2.75, 3.05) is 19.0 Å². The molecule has 0 amide bonds. The molecule has 1 aromatic rings. The average Bonchev–Trinajstić information content (AvgIpc) is 2.04. The molecule has 1 aromatic carbocycles. The summed E-state index contributed by atoms with van der Waals surface area (Å²) in [7, 11) is 1.71. The molecule has 0 aliphatic carbocycles. The molecule has 2 nitrogen and oxygen atoms in total. The number of aryl methyl sites for hydroxylation is 2. The summed E-state index contributed by atoms with van der Waals surface area (Å²) >= 11 is 0.